The average Bonchev–Trinajstić information content (AvgIpc) is 3.01. The van der Waals surface area contributed by atoms with Crippen LogP contribution in [0.3, 0.4) is 0 Å². The molecule has 5 nitrogen and oxygen atoms in total. The molecule has 2 amide bonds. The Morgan fingerprint density at radius 2 is 2.30 bits per heavy atom. The van der Waals surface area contributed by atoms with Crippen molar-refractivity contribution < 1.29 is 14.3 Å². The molecule has 1 aliphatic heterocycles. The molecule has 20 heavy (non-hydrogen) atoms. The first kappa shape index (κ1) is 13.2. The lowest BCUT2D eigenvalue weighted by molar-refractivity contribution is -0.122. The van der Waals surface area contributed by atoms with Crippen LogP contribution in [0, 0.1) is 0 Å². The minimum absolute atomic E-state index is 0.0603. The molecule has 1 aromatic heterocycles. The molecule has 2 heterocycles. The number of nitrogens with one attached hydrogen (secondary N) is 2. The van der Waals surface area contributed by atoms with Gasteiger partial charge >= 0.3 is 6.09 Å². The number of halogens is 1. The van der Waals surface area contributed by atoms with Crippen LogP contribution in [0.25, 0.3) is 10.1 Å². The molecule has 1 aliphatic rings. The summed E-state index contributed by atoms with van der Waals surface area (Å²) < 4.78 is 5.76. The third-order valence-electron chi connectivity index (χ3n) is 3.01. The molecule has 3 rings (SSSR count). The van der Waals surface area contributed by atoms with E-state index in [2.05, 4.69) is 15.4 Å². The normalized spacial score (nSPS) is 17.9. The monoisotopic (exact) mass is 310 g/mol. The van der Waals surface area contributed by atoms with Crippen LogP contribution in [-0.4, -0.2) is 24.6 Å². The van der Waals surface area contributed by atoms with Gasteiger partial charge in [-0.2, -0.15) is 0 Å². The fraction of sp³-hybridized carbons (Fsp3) is 0.231. The zero-order valence-electron chi connectivity index (χ0n) is 10.3. The minimum atomic E-state index is -0.629. The number of hydrogen-bond donors (Lipinski definition) is 2. The van der Waals surface area contributed by atoms with Crippen LogP contribution in [-0.2, 0) is 16.1 Å². The lowest BCUT2D eigenvalue weighted by Gasteiger charge is -2.08. The van der Waals surface area contributed by atoms with E-state index in [1.165, 1.54) is 0 Å². The average molecular weight is 311 g/mol. The number of cyclic esters (lactones) is 1. The van der Waals surface area contributed by atoms with Crippen molar-refractivity contribution in [2.75, 3.05) is 6.61 Å². The SMILES string of the molecule is O=C1N[C@H](C(=O)NCc2sc3ccccc3c2Cl)CO1. The maximum Gasteiger partial charge on any atom is 0.407 e. The Kier molecular flexibility index (Phi) is 3.50. The molecule has 7 heteroatoms. The highest BCUT2D eigenvalue weighted by molar-refractivity contribution is 7.19. The topological polar surface area (TPSA) is 67.4 Å². The molecule has 0 radical (unpaired) electrons. The molecule has 1 aromatic carbocycles. The quantitative estimate of drug-likeness (QED) is 0.914. The van der Waals surface area contributed by atoms with Gasteiger partial charge in [0.15, 0.2) is 0 Å². The van der Waals surface area contributed by atoms with Crippen molar-refractivity contribution in [3.8, 4) is 0 Å². The van der Waals surface area contributed by atoms with Gasteiger partial charge in [0.2, 0.25) is 5.91 Å². The van der Waals surface area contributed by atoms with E-state index in [0.29, 0.717) is 11.6 Å². The number of benzene rings is 1. The first-order valence-electron chi connectivity index (χ1n) is 6.02. The number of carbonyl (C=O) groups is 2. The smallest absolute Gasteiger partial charge is 0.407 e. The van der Waals surface area contributed by atoms with E-state index in [4.69, 9.17) is 11.6 Å². The van der Waals surface area contributed by atoms with Crippen LogP contribution in [0.15, 0.2) is 24.3 Å². The van der Waals surface area contributed by atoms with Gasteiger partial charge in [-0.25, -0.2) is 4.79 Å². The summed E-state index contributed by atoms with van der Waals surface area (Å²) in [5.41, 5.74) is 0. The van der Waals surface area contributed by atoms with Crippen molar-refractivity contribution in [2.45, 2.75) is 12.6 Å². The van der Waals surface area contributed by atoms with Crippen LogP contribution < -0.4 is 10.6 Å². The number of thiophene rings is 1. The largest absolute Gasteiger partial charge is 0.447 e. The second-order valence-electron chi connectivity index (χ2n) is 4.35. The maximum absolute atomic E-state index is 11.8. The van der Waals surface area contributed by atoms with E-state index >= 15 is 0 Å². The summed E-state index contributed by atoms with van der Waals surface area (Å²) in [7, 11) is 0. The van der Waals surface area contributed by atoms with E-state index in [1.54, 1.807) is 11.3 Å². The Hall–Kier alpha value is -1.79. The molecule has 2 N–H and O–H groups in total. The maximum atomic E-state index is 11.8. The van der Waals surface area contributed by atoms with E-state index in [9.17, 15) is 9.59 Å². The van der Waals surface area contributed by atoms with Gasteiger partial charge in [0.05, 0.1) is 11.6 Å². The Morgan fingerprint density at radius 1 is 1.50 bits per heavy atom. The zero-order chi connectivity index (χ0) is 14.1. The van der Waals surface area contributed by atoms with E-state index in [1.807, 2.05) is 24.3 Å². The van der Waals surface area contributed by atoms with Crippen LogP contribution in [0.2, 0.25) is 5.02 Å². The highest BCUT2D eigenvalue weighted by atomic mass is 35.5. The molecular formula is C13H11ClN2O3S. The molecular weight excluding hydrogens is 300 g/mol. The number of rotatable bonds is 3. The second kappa shape index (κ2) is 5.30. The lowest BCUT2D eigenvalue weighted by Crippen LogP contribution is -2.42. The van der Waals surface area contributed by atoms with Crippen molar-refractivity contribution in [1.82, 2.24) is 10.6 Å². The van der Waals surface area contributed by atoms with E-state index in [0.717, 1.165) is 15.0 Å². The highest BCUT2D eigenvalue weighted by Gasteiger charge is 2.28. The minimum Gasteiger partial charge on any atom is -0.447 e. The van der Waals surface area contributed by atoms with Gasteiger partial charge in [-0.1, -0.05) is 29.8 Å². The van der Waals surface area contributed by atoms with Crippen LogP contribution >= 0.6 is 22.9 Å². The number of carbonyl (C=O) groups excluding carboxylic acids is 2. The molecule has 0 spiro atoms. The summed E-state index contributed by atoms with van der Waals surface area (Å²) in [6.45, 7) is 0.397. The number of hydrogen-bond acceptors (Lipinski definition) is 4. The fourth-order valence-electron chi connectivity index (χ4n) is 1.99. The third-order valence-corrected chi connectivity index (χ3v) is 4.73. The van der Waals surface area contributed by atoms with E-state index in [-0.39, 0.29) is 12.5 Å². The standard InChI is InChI=1S/C13H11ClN2O3S/c14-11-7-3-1-2-4-9(7)20-10(11)5-15-12(17)8-6-19-13(18)16-8/h1-4,8H,5-6H2,(H,15,17)(H,16,18)/t8-/m0/s1. The van der Waals surface area contributed by atoms with Crippen molar-refractivity contribution in [3.63, 3.8) is 0 Å². The fourth-order valence-corrected chi connectivity index (χ4v) is 3.43. The van der Waals surface area contributed by atoms with E-state index < -0.39 is 12.1 Å². The van der Waals surface area contributed by atoms with Gasteiger partial charge in [-0.15, -0.1) is 11.3 Å². The molecule has 0 saturated carbocycles. The second-order valence-corrected chi connectivity index (χ2v) is 5.86. The summed E-state index contributed by atoms with van der Waals surface area (Å²) in [5, 5.41) is 6.84. The molecule has 0 bridgehead atoms. The van der Waals surface area contributed by atoms with Gasteiger partial charge in [0.25, 0.3) is 0 Å². The van der Waals surface area contributed by atoms with Gasteiger partial charge < -0.3 is 15.4 Å². The Bertz CT molecular complexity index is 685. The Balaban J connectivity index is 1.69. The summed E-state index contributed by atoms with van der Waals surface area (Å²) in [6.07, 6.45) is -0.565. The first-order chi connectivity index (χ1) is 9.65. The van der Waals surface area contributed by atoms with Gasteiger partial charge in [0, 0.05) is 15.0 Å². The number of alkyl carbamates (subject to hydrolysis) is 1. The Labute approximate surface area is 123 Å². The summed E-state index contributed by atoms with van der Waals surface area (Å²) in [6, 6.07) is 7.18. The van der Waals surface area contributed by atoms with Gasteiger partial charge in [-0.05, 0) is 6.07 Å². The number of amides is 2. The number of ether oxygens (including phenoxy) is 1. The molecule has 1 fully saturated rings. The molecule has 2 aromatic rings. The van der Waals surface area contributed by atoms with Crippen LogP contribution in [0.1, 0.15) is 4.88 Å². The van der Waals surface area contributed by atoms with Crippen LogP contribution in [0.4, 0.5) is 4.79 Å². The molecule has 0 aliphatic carbocycles. The zero-order valence-corrected chi connectivity index (χ0v) is 11.9. The molecule has 0 unspecified atom stereocenters. The van der Waals surface area contributed by atoms with Crippen molar-refractivity contribution in [3.05, 3.63) is 34.2 Å². The summed E-state index contributed by atoms with van der Waals surface area (Å²) >= 11 is 7.83. The van der Waals surface area contributed by atoms with Crippen molar-refractivity contribution in [1.29, 1.82) is 0 Å². The molecule has 1 atom stereocenters. The van der Waals surface area contributed by atoms with Crippen molar-refractivity contribution in [2.24, 2.45) is 0 Å². The third kappa shape index (κ3) is 2.44. The Morgan fingerprint density at radius 3 is 3.00 bits per heavy atom. The lowest BCUT2D eigenvalue weighted by atomic mass is 10.2. The summed E-state index contributed by atoms with van der Waals surface area (Å²) in [5.74, 6) is -0.274. The predicted octanol–water partition coefficient (Wildman–Crippen LogP) is 2.28. The van der Waals surface area contributed by atoms with Gasteiger partial charge in [0.1, 0.15) is 12.6 Å². The molecule has 1 saturated heterocycles. The molecule has 104 valence electrons. The van der Waals surface area contributed by atoms with Gasteiger partial charge in [-0.3, -0.25) is 4.79 Å². The van der Waals surface area contributed by atoms with Crippen molar-refractivity contribution >= 4 is 45.0 Å². The number of fused-ring (bicyclic) bond motifs is 1. The summed E-state index contributed by atoms with van der Waals surface area (Å²) in [4.78, 5) is 23.6. The first-order valence-corrected chi connectivity index (χ1v) is 7.21. The highest BCUT2D eigenvalue weighted by Crippen LogP contribution is 2.34. The van der Waals surface area contributed by atoms with Crippen LogP contribution in [0.5, 0.6) is 0 Å². The predicted molar refractivity (Wildman–Crippen MR) is 77.0 cm³/mol.